The van der Waals surface area contributed by atoms with Gasteiger partial charge in [0.15, 0.2) is 0 Å². The number of carbonyl (C=O) groups excluding carboxylic acids is 1. The summed E-state index contributed by atoms with van der Waals surface area (Å²) in [6.07, 6.45) is 0. The molecule has 1 amide bonds. The summed E-state index contributed by atoms with van der Waals surface area (Å²) < 4.78 is 5.20. The number of amides is 1. The smallest absolute Gasteiger partial charge is 0.240 e. The van der Waals surface area contributed by atoms with Gasteiger partial charge in [-0.25, -0.2) is 0 Å². The number of hydrogen-bond donors (Lipinski definition) is 2. The van der Waals surface area contributed by atoms with E-state index in [1.807, 2.05) is 62.4 Å². The molecule has 134 valence electrons. The highest BCUT2D eigenvalue weighted by atomic mass is 35.5. The first-order valence-corrected chi connectivity index (χ1v) is 8.71. The van der Waals surface area contributed by atoms with Crippen LogP contribution in [0.5, 0.6) is 0 Å². The van der Waals surface area contributed by atoms with Gasteiger partial charge in [-0.2, -0.15) is 0 Å². The Labute approximate surface area is 157 Å². The lowest BCUT2D eigenvalue weighted by atomic mass is 10.1. The van der Waals surface area contributed by atoms with Gasteiger partial charge < -0.3 is 9.84 Å². The number of nitrogens with zero attached hydrogens (tertiary/aromatic N) is 1. The fourth-order valence-corrected chi connectivity index (χ4v) is 2.71. The summed E-state index contributed by atoms with van der Waals surface area (Å²) >= 11 is 5.99. The zero-order chi connectivity index (χ0) is 18.5. The Morgan fingerprint density at radius 3 is 2.69 bits per heavy atom. The fraction of sp³-hybridized carbons (Fsp3) is 0.200. The zero-order valence-corrected chi connectivity index (χ0v) is 15.4. The van der Waals surface area contributed by atoms with E-state index >= 15 is 0 Å². The molecule has 2 N–H and O–H groups in total. The van der Waals surface area contributed by atoms with E-state index in [0.717, 1.165) is 11.1 Å². The molecule has 0 aliphatic heterocycles. The Bertz CT molecular complexity index is 890. The van der Waals surface area contributed by atoms with Crippen molar-refractivity contribution in [3.05, 3.63) is 70.7 Å². The van der Waals surface area contributed by atoms with Gasteiger partial charge in [0.2, 0.25) is 11.8 Å². The number of benzene rings is 2. The minimum absolute atomic E-state index is 0.00250. The molecule has 1 aromatic heterocycles. The maximum Gasteiger partial charge on any atom is 0.240 e. The van der Waals surface area contributed by atoms with Gasteiger partial charge in [-0.3, -0.25) is 10.1 Å². The van der Waals surface area contributed by atoms with Crippen LogP contribution in [0.25, 0.3) is 11.3 Å². The van der Waals surface area contributed by atoms with Gasteiger partial charge >= 0.3 is 0 Å². The Hall–Kier alpha value is -2.63. The molecule has 1 heterocycles. The molecular formula is C20H20ClN3O2. The van der Waals surface area contributed by atoms with Gasteiger partial charge in [-0.15, -0.1) is 0 Å². The topological polar surface area (TPSA) is 67.2 Å². The quantitative estimate of drug-likeness (QED) is 0.666. The zero-order valence-electron chi connectivity index (χ0n) is 14.6. The standard InChI is InChI=1S/C20H20ClN3O2/c1-13-6-8-15(9-7-13)18-11-20(26-24-18)23-19(25)12-22-14(2)16-4-3-5-17(21)10-16/h3-11,14,22H,12H2,1-2H3,(H,23,25)/t14-/m1/s1. The second-order valence-corrected chi connectivity index (χ2v) is 6.58. The van der Waals surface area contributed by atoms with Crippen molar-refractivity contribution in [3.8, 4) is 11.3 Å². The molecule has 6 heteroatoms. The minimum Gasteiger partial charge on any atom is -0.338 e. The SMILES string of the molecule is Cc1ccc(-c2cc(NC(=O)CN[C@H](C)c3cccc(Cl)c3)on2)cc1. The highest BCUT2D eigenvalue weighted by Gasteiger charge is 2.11. The van der Waals surface area contributed by atoms with Gasteiger partial charge in [0.25, 0.3) is 0 Å². The van der Waals surface area contributed by atoms with Crippen molar-refractivity contribution in [2.75, 3.05) is 11.9 Å². The van der Waals surface area contributed by atoms with E-state index in [9.17, 15) is 4.79 Å². The van der Waals surface area contributed by atoms with Crippen molar-refractivity contribution in [1.29, 1.82) is 0 Å². The van der Waals surface area contributed by atoms with Crippen LogP contribution in [0.1, 0.15) is 24.1 Å². The van der Waals surface area contributed by atoms with E-state index in [-0.39, 0.29) is 18.5 Å². The average Bonchev–Trinajstić information content (AvgIpc) is 3.08. The first-order chi connectivity index (χ1) is 12.5. The van der Waals surface area contributed by atoms with Gasteiger partial charge in [-0.1, -0.05) is 58.7 Å². The van der Waals surface area contributed by atoms with E-state index in [4.69, 9.17) is 16.1 Å². The molecule has 0 saturated heterocycles. The number of nitrogens with one attached hydrogen (secondary N) is 2. The Morgan fingerprint density at radius 1 is 1.19 bits per heavy atom. The predicted octanol–water partition coefficient (Wildman–Crippen LogP) is 4.59. The lowest BCUT2D eigenvalue weighted by Crippen LogP contribution is -2.30. The molecule has 0 bridgehead atoms. The number of hydrogen-bond acceptors (Lipinski definition) is 4. The molecule has 3 aromatic rings. The van der Waals surface area contributed by atoms with Crippen molar-refractivity contribution >= 4 is 23.4 Å². The molecule has 0 aliphatic rings. The number of rotatable bonds is 6. The van der Waals surface area contributed by atoms with Crippen LogP contribution in [0.3, 0.4) is 0 Å². The van der Waals surface area contributed by atoms with Crippen LogP contribution in [0.2, 0.25) is 5.02 Å². The maximum atomic E-state index is 12.1. The first kappa shape index (κ1) is 18.2. The summed E-state index contributed by atoms with van der Waals surface area (Å²) in [6.45, 7) is 4.15. The van der Waals surface area contributed by atoms with E-state index in [0.29, 0.717) is 16.6 Å². The molecule has 0 spiro atoms. The van der Waals surface area contributed by atoms with Gasteiger partial charge in [-0.05, 0) is 31.5 Å². The molecular weight excluding hydrogens is 350 g/mol. The van der Waals surface area contributed by atoms with Crippen molar-refractivity contribution in [2.45, 2.75) is 19.9 Å². The van der Waals surface area contributed by atoms with Gasteiger partial charge in [0.05, 0.1) is 6.54 Å². The normalized spacial score (nSPS) is 12.0. The monoisotopic (exact) mass is 369 g/mol. The van der Waals surface area contributed by atoms with E-state index in [1.54, 1.807) is 6.07 Å². The number of aromatic nitrogens is 1. The molecule has 1 atom stereocenters. The summed E-state index contributed by atoms with van der Waals surface area (Å²) in [4.78, 5) is 12.1. The minimum atomic E-state index is -0.203. The highest BCUT2D eigenvalue weighted by molar-refractivity contribution is 6.30. The molecule has 0 saturated carbocycles. The summed E-state index contributed by atoms with van der Waals surface area (Å²) in [5.74, 6) is 0.119. The Balaban J connectivity index is 1.54. The summed E-state index contributed by atoms with van der Waals surface area (Å²) in [7, 11) is 0. The van der Waals surface area contributed by atoms with E-state index < -0.39 is 0 Å². The lowest BCUT2D eigenvalue weighted by Gasteiger charge is -2.13. The van der Waals surface area contributed by atoms with Crippen LogP contribution in [-0.2, 0) is 4.79 Å². The number of aryl methyl sites for hydroxylation is 1. The third-order valence-corrected chi connectivity index (χ3v) is 4.27. The van der Waals surface area contributed by atoms with Crippen LogP contribution < -0.4 is 10.6 Å². The molecule has 0 aliphatic carbocycles. The lowest BCUT2D eigenvalue weighted by molar-refractivity contribution is -0.115. The molecule has 0 radical (unpaired) electrons. The second-order valence-electron chi connectivity index (χ2n) is 6.15. The number of anilines is 1. The van der Waals surface area contributed by atoms with Crippen LogP contribution >= 0.6 is 11.6 Å². The van der Waals surface area contributed by atoms with Crippen molar-refractivity contribution in [1.82, 2.24) is 10.5 Å². The van der Waals surface area contributed by atoms with Crippen molar-refractivity contribution in [3.63, 3.8) is 0 Å². The second kappa shape index (κ2) is 8.17. The Morgan fingerprint density at radius 2 is 1.96 bits per heavy atom. The summed E-state index contributed by atoms with van der Waals surface area (Å²) in [5, 5.41) is 10.5. The van der Waals surface area contributed by atoms with Crippen LogP contribution in [0, 0.1) is 6.92 Å². The van der Waals surface area contributed by atoms with E-state index in [1.165, 1.54) is 5.56 Å². The number of halogens is 1. The maximum absolute atomic E-state index is 12.1. The molecule has 0 unspecified atom stereocenters. The summed E-state index contributed by atoms with van der Waals surface area (Å²) in [6, 6.07) is 17.2. The Kier molecular flexibility index (Phi) is 5.71. The highest BCUT2D eigenvalue weighted by Crippen LogP contribution is 2.22. The van der Waals surface area contributed by atoms with E-state index in [2.05, 4.69) is 15.8 Å². The van der Waals surface area contributed by atoms with Crippen molar-refractivity contribution in [2.24, 2.45) is 0 Å². The first-order valence-electron chi connectivity index (χ1n) is 8.34. The molecule has 2 aromatic carbocycles. The largest absolute Gasteiger partial charge is 0.338 e. The van der Waals surface area contributed by atoms with Crippen LogP contribution in [0.15, 0.2) is 59.1 Å². The number of carbonyl (C=O) groups is 1. The fourth-order valence-electron chi connectivity index (χ4n) is 2.52. The molecule has 0 fully saturated rings. The molecule has 5 nitrogen and oxygen atoms in total. The molecule has 3 rings (SSSR count). The summed E-state index contributed by atoms with van der Waals surface area (Å²) in [5.41, 5.74) is 3.81. The van der Waals surface area contributed by atoms with Crippen LogP contribution in [-0.4, -0.2) is 17.6 Å². The van der Waals surface area contributed by atoms with Gasteiger partial charge in [0.1, 0.15) is 5.69 Å². The molecule has 26 heavy (non-hydrogen) atoms. The average molecular weight is 370 g/mol. The van der Waals surface area contributed by atoms with Crippen molar-refractivity contribution < 1.29 is 9.32 Å². The third-order valence-electron chi connectivity index (χ3n) is 4.04. The third kappa shape index (κ3) is 4.71. The predicted molar refractivity (Wildman–Crippen MR) is 103 cm³/mol. The van der Waals surface area contributed by atoms with Crippen LogP contribution in [0.4, 0.5) is 5.88 Å². The van der Waals surface area contributed by atoms with Gasteiger partial charge in [0, 0.05) is 22.7 Å².